The second-order valence-electron chi connectivity index (χ2n) is 2.55. The summed E-state index contributed by atoms with van der Waals surface area (Å²) in [5.74, 6) is -1.49. The van der Waals surface area contributed by atoms with Crippen LogP contribution in [0.1, 0.15) is 5.56 Å². The molecule has 0 N–H and O–H groups in total. The quantitative estimate of drug-likeness (QED) is 0.550. The summed E-state index contributed by atoms with van der Waals surface area (Å²) in [6, 6.07) is 2.11. The van der Waals surface area contributed by atoms with Gasteiger partial charge in [-0.3, -0.25) is 4.98 Å². The van der Waals surface area contributed by atoms with Crippen LogP contribution < -0.4 is 5.11 Å². The third-order valence-electron chi connectivity index (χ3n) is 1.42. The van der Waals surface area contributed by atoms with E-state index in [4.69, 9.17) is 0 Å². The summed E-state index contributed by atoms with van der Waals surface area (Å²) in [6.07, 6.45) is 2.26. The number of halogens is 3. The van der Waals surface area contributed by atoms with Crippen LogP contribution in [-0.2, 0) is 10.0 Å². The minimum absolute atomic E-state index is 0.289. The molecule has 88 valence electrons. The molecule has 1 heterocycles. The van der Waals surface area contributed by atoms with Crippen molar-refractivity contribution in [2.75, 3.05) is 0 Å². The second kappa shape index (κ2) is 4.08. The van der Waals surface area contributed by atoms with E-state index in [0.717, 1.165) is 24.5 Å². The van der Waals surface area contributed by atoms with Crippen LogP contribution in [0.5, 0.6) is 0 Å². The molecule has 0 aliphatic carbocycles. The summed E-state index contributed by atoms with van der Waals surface area (Å²) >= 11 is 0. The molecule has 0 amide bonds. The Bertz CT molecular complexity index is 495. The van der Waals surface area contributed by atoms with Gasteiger partial charge in [-0.25, -0.2) is 0 Å². The molecule has 0 spiro atoms. The summed E-state index contributed by atoms with van der Waals surface area (Å²) in [5.41, 5.74) is -5.86. The lowest BCUT2D eigenvalue weighted by atomic mass is 10.3. The Morgan fingerprint density at radius 2 is 1.81 bits per heavy atom. The van der Waals surface area contributed by atoms with E-state index in [1.165, 1.54) is 0 Å². The molecule has 1 rings (SSSR count). The van der Waals surface area contributed by atoms with E-state index >= 15 is 0 Å². The third kappa shape index (κ3) is 2.69. The molecule has 0 atom stereocenters. The summed E-state index contributed by atoms with van der Waals surface area (Å²) in [7, 11) is -5.79. The van der Waals surface area contributed by atoms with Gasteiger partial charge in [0.2, 0.25) is 0 Å². The fourth-order valence-electron chi connectivity index (χ4n) is 0.708. The zero-order chi connectivity index (χ0) is 12.4. The predicted octanol–water partition coefficient (Wildman–Crippen LogP) is 0.0381. The van der Waals surface area contributed by atoms with Gasteiger partial charge in [-0.15, -0.1) is 0 Å². The molecule has 0 aliphatic heterocycles. The van der Waals surface area contributed by atoms with Gasteiger partial charge in [-0.2, -0.15) is 26.0 Å². The third-order valence-corrected chi connectivity index (χ3v) is 2.41. The van der Waals surface area contributed by atoms with Crippen molar-refractivity contribution in [2.45, 2.75) is 5.51 Å². The van der Waals surface area contributed by atoms with Crippen molar-refractivity contribution in [3.8, 4) is 0 Å². The van der Waals surface area contributed by atoms with Gasteiger partial charge in [0.1, 0.15) is 0 Å². The summed E-state index contributed by atoms with van der Waals surface area (Å²) in [4.78, 5) is 3.51. The molecule has 0 fully saturated rings. The molecular formula is C7H4F3N2O3S-. The molecule has 0 saturated carbocycles. The van der Waals surface area contributed by atoms with Crippen molar-refractivity contribution < 1.29 is 26.7 Å². The van der Waals surface area contributed by atoms with E-state index in [0.29, 0.717) is 0 Å². The SMILES string of the molecule is O=S(=O)(/N=C(\[O-])c1ccncc1)C(F)(F)F. The lowest BCUT2D eigenvalue weighted by Gasteiger charge is -2.11. The van der Waals surface area contributed by atoms with Gasteiger partial charge in [-0.1, -0.05) is 0 Å². The van der Waals surface area contributed by atoms with Crippen molar-refractivity contribution in [1.29, 1.82) is 0 Å². The first-order valence-electron chi connectivity index (χ1n) is 3.73. The maximum Gasteiger partial charge on any atom is 0.518 e. The second-order valence-corrected chi connectivity index (χ2v) is 4.15. The Morgan fingerprint density at radius 1 is 1.31 bits per heavy atom. The Kier molecular flexibility index (Phi) is 3.17. The van der Waals surface area contributed by atoms with Crippen LogP contribution in [0.4, 0.5) is 13.2 Å². The topological polar surface area (TPSA) is 82.5 Å². The van der Waals surface area contributed by atoms with Crippen molar-refractivity contribution in [3.63, 3.8) is 0 Å². The molecule has 0 bridgehead atoms. The minimum Gasteiger partial charge on any atom is -0.858 e. The van der Waals surface area contributed by atoms with Gasteiger partial charge in [0.05, 0.1) is 0 Å². The fourth-order valence-corrected chi connectivity index (χ4v) is 1.14. The average molecular weight is 253 g/mol. The van der Waals surface area contributed by atoms with E-state index in [9.17, 15) is 26.7 Å². The highest BCUT2D eigenvalue weighted by atomic mass is 32.2. The monoisotopic (exact) mass is 253 g/mol. The molecule has 0 radical (unpaired) electrons. The molecule has 5 nitrogen and oxygen atoms in total. The smallest absolute Gasteiger partial charge is 0.518 e. The molecule has 0 saturated heterocycles. The van der Waals surface area contributed by atoms with E-state index in [-0.39, 0.29) is 5.56 Å². The van der Waals surface area contributed by atoms with Gasteiger partial charge in [0.15, 0.2) is 0 Å². The summed E-state index contributed by atoms with van der Waals surface area (Å²) < 4.78 is 58.7. The minimum atomic E-state index is -5.79. The number of alkyl halides is 3. The fraction of sp³-hybridized carbons (Fsp3) is 0.143. The number of rotatable bonds is 2. The largest absolute Gasteiger partial charge is 0.858 e. The van der Waals surface area contributed by atoms with Crippen molar-refractivity contribution in [2.24, 2.45) is 4.40 Å². The highest BCUT2D eigenvalue weighted by Gasteiger charge is 2.45. The molecule has 9 heteroatoms. The van der Waals surface area contributed by atoms with Crippen LogP contribution in [0.3, 0.4) is 0 Å². The molecule has 0 aromatic carbocycles. The predicted molar refractivity (Wildman–Crippen MR) is 45.7 cm³/mol. The van der Waals surface area contributed by atoms with Crippen molar-refractivity contribution >= 4 is 15.9 Å². The lowest BCUT2D eigenvalue weighted by molar-refractivity contribution is -0.212. The van der Waals surface area contributed by atoms with Crippen LogP contribution in [0.2, 0.25) is 0 Å². The maximum absolute atomic E-state index is 11.9. The van der Waals surface area contributed by atoms with E-state index in [2.05, 4.69) is 9.38 Å². The van der Waals surface area contributed by atoms with Crippen LogP contribution in [-0.4, -0.2) is 24.8 Å². The number of hydrogen-bond donors (Lipinski definition) is 0. The highest BCUT2D eigenvalue weighted by molar-refractivity contribution is 7.91. The standard InChI is InChI=1S/C7H5F3N2O3S/c8-7(9,10)16(14,15)12-6(13)5-1-3-11-4-2-5/h1-4H,(H,12,13)/p-1. The normalized spacial score (nSPS) is 13.8. The maximum atomic E-state index is 11.9. The first-order valence-corrected chi connectivity index (χ1v) is 5.17. The average Bonchev–Trinajstić information content (AvgIpc) is 2.16. The number of pyridine rings is 1. The lowest BCUT2D eigenvalue weighted by Crippen LogP contribution is -2.27. The van der Waals surface area contributed by atoms with Gasteiger partial charge in [-0.05, 0) is 17.7 Å². The number of aromatic nitrogens is 1. The van der Waals surface area contributed by atoms with Gasteiger partial charge >= 0.3 is 15.5 Å². The number of nitrogens with zero attached hydrogens (tertiary/aromatic N) is 2. The van der Waals surface area contributed by atoms with Crippen LogP contribution in [0, 0.1) is 0 Å². The van der Waals surface area contributed by atoms with E-state index in [1.807, 2.05) is 0 Å². The molecule has 1 aromatic heterocycles. The Hall–Kier alpha value is -1.64. The van der Waals surface area contributed by atoms with Crippen molar-refractivity contribution in [1.82, 2.24) is 4.98 Å². The number of hydrogen-bond acceptors (Lipinski definition) is 4. The molecule has 16 heavy (non-hydrogen) atoms. The van der Waals surface area contributed by atoms with Gasteiger partial charge in [0, 0.05) is 18.3 Å². The zero-order valence-corrected chi connectivity index (χ0v) is 8.29. The summed E-state index contributed by atoms with van der Waals surface area (Å²) in [6.45, 7) is 0. The first-order chi connectivity index (χ1) is 7.24. The molecule has 0 aliphatic rings. The van der Waals surface area contributed by atoms with Crippen LogP contribution in [0.15, 0.2) is 28.9 Å². The Labute approximate surface area is 88.3 Å². The Morgan fingerprint density at radius 3 is 2.25 bits per heavy atom. The van der Waals surface area contributed by atoms with Gasteiger partial charge < -0.3 is 5.11 Å². The van der Waals surface area contributed by atoms with Crippen molar-refractivity contribution in [3.05, 3.63) is 30.1 Å². The number of sulfonamides is 1. The van der Waals surface area contributed by atoms with E-state index in [1.54, 1.807) is 0 Å². The molecular weight excluding hydrogens is 249 g/mol. The van der Waals surface area contributed by atoms with E-state index < -0.39 is 21.4 Å². The molecule has 0 unspecified atom stereocenters. The van der Waals surface area contributed by atoms with Crippen LogP contribution in [0.25, 0.3) is 0 Å². The van der Waals surface area contributed by atoms with Crippen LogP contribution >= 0.6 is 0 Å². The molecule has 1 aromatic rings. The highest BCUT2D eigenvalue weighted by Crippen LogP contribution is 2.24. The first kappa shape index (κ1) is 12.4. The van der Waals surface area contributed by atoms with Gasteiger partial charge in [0.25, 0.3) is 0 Å². The zero-order valence-electron chi connectivity index (χ0n) is 7.47. The summed E-state index contributed by atoms with van der Waals surface area (Å²) in [5, 5.41) is 11.0. The Balaban J connectivity index is 3.13.